The monoisotopic (exact) mass is 437 g/mol. The van der Waals surface area contributed by atoms with Gasteiger partial charge in [0.25, 0.3) is 0 Å². The summed E-state index contributed by atoms with van der Waals surface area (Å²) in [7, 11) is 3.12. The number of carbonyl (C=O) groups is 1. The van der Waals surface area contributed by atoms with Gasteiger partial charge in [-0.1, -0.05) is 51.2 Å². The van der Waals surface area contributed by atoms with E-state index < -0.39 is 5.97 Å². The van der Waals surface area contributed by atoms with Gasteiger partial charge in [0, 0.05) is 5.56 Å². The number of hydrogen-bond acceptors (Lipinski definition) is 6. The van der Waals surface area contributed by atoms with Gasteiger partial charge in [-0.25, -0.2) is 9.79 Å². The Morgan fingerprint density at radius 1 is 0.906 bits per heavy atom. The van der Waals surface area contributed by atoms with E-state index in [0.717, 1.165) is 24.3 Å². The Labute approximate surface area is 189 Å². The van der Waals surface area contributed by atoms with E-state index in [1.165, 1.54) is 32.1 Å². The predicted octanol–water partition coefficient (Wildman–Crippen LogP) is 5.79. The van der Waals surface area contributed by atoms with Crippen LogP contribution in [0.3, 0.4) is 0 Å². The van der Waals surface area contributed by atoms with E-state index in [0.29, 0.717) is 17.1 Å². The van der Waals surface area contributed by atoms with Crippen molar-refractivity contribution in [2.24, 2.45) is 4.99 Å². The summed E-state index contributed by atoms with van der Waals surface area (Å²) in [6, 6.07) is 12.9. The highest BCUT2D eigenvalue weighted by atomic mass is 16.6. The van der Waals surface area contributed by atoms with Gasteiger partial charge in [0.15, 0.2) is 17.2 Å². The lowest BCUT2D eigenvalue weighted by molar-refractivity contribution is -0.129. The largest absolute Gasteiger partial charge is 0.494 e. The third-order valence-corrected chi connectivity index (χ3v) is 5.20. The highest BCUT2D eigenvalue weighted by molar-refractivity contribution is 6.13. The van der Waals surface area contributed by atoms with Crippen LogP contribution in [0, 0.1) is 0 Å². The van der Waals surface area contributed by atoms with E-state index in [-0.39, 0.29) is 11.6 Å². The van der Waals surface area contributed by atoms with Crippen LogP contribution in [0.5, 0.6) is 17.2 Å². The number of nitrogens with zero attached hydrogens (tertiary/aromatic N) is 1. The molecule has 170 valence electrons. The quantitative estimate of drug-likeness (QED) is 0.239. The fourth-order valence-corrected chi connectivity index (χ4v) is 3.39. The lowest BCUT2D eigenvalue weighted by atomic mass is 10.1. The molecule has 2 aromatic rings. The summed E-state index contributed by atoms with van der Waals surface area (Å²) in [6.45, 7) is 2.94. The summed E-state index contributed by atoms with van der Waals surface area (Å²) in [4.78, 5) is 16.6. The number of carbonyl (C=O) groups excluding carboxylic acids is 1. The molecule has 1 aliphatic rings. The number of aliphatic imine (C=N–C) groups is 1. The molecule has 0 atom stereocenters. The van der Waals surface area contributed by atoms with E-state index in [1.807, 2.05) is 24.3 Å². The number of cyclic esters (lactones) is 1. The molecule has 0 bridgehead atoms. The average molecular weight is 438 g/mol. The molecule has 0 saturated carbocycles. The van der Waals surface area contributed by atoms with Gasteiger partial charge in [-0.15, -0.1) is 0 Å². The fourth-order valence-electron chi connectivity index (χ4n) is 3.39. The first-order valence-corrected chi connectivity index (χ1v) is 11.1. The Morgan fingerprint density at radius 2 is 1.62 bits per heavy atom. The predicted molar refractivity (Wildman–Crippen MR) is 125 cm³/mol. The zero-order valence-electron chi connectivity index (χ0n) is 19.1. The Hall–Kier alpha value is -3.28. The number of hydrogen-bond donors (Lipinski definition) is 0. The molecule has 2 aromatic carbocycles. The highest BCUT2D eigenvalue weighted by Crippen LogP contribution is 2.29. The lowest BCUT2D eigenvalue weighted by Gasteiger charge is -2.08. The van der Waals surface area contributed by atoms with Crippen LogP contribution in [-0.4, -0.2) is 32.7 Å². The minimum Gasteiger partial charge on any atom is -0.494 e. The summed E-state index contributed by atoms with van der Waals surface area (Å²) < 4.78 is 21.7. The van der Waals surface area contributed by atoms with Gasteiger partial charge in [-0.3, -0.25) is 0 Å². The molecule has 0 spiro atoms. The maximum absolute atomic E-state index is 12.3. The minimum absolute atomic E-state index is 0.237. The SMILES string of the molecule is CCCCCCCCOc1ccc(/C=C2\N=C(c3ccc(OC)c(OC)c3)OC2=O)cc1. The number of unbranched alkanes of at least 4 members (excludes halogenated alkanes) is 5. The molecule has 3 rings (SSSR count). The first-order chi connectivity index (χ1) is 15.6. The molecule has 0 aliphatic carbocycles. The summed E-state index contributed by atoms with van der Waals surface area (Å²) >= 11 is 0. The molecule has 0 unspecified atom stereocenters. The topological polar surface area (TPSA) is 66.3 Å². The molecular formula is C26H31NO5. The van der Waals surface area contributed by atoms with Crippen molar-refractivity contribution in [3.8, 4) is 17.2 Å². The second-order valence-corrected chi connectivity index (χ2v) is 7.59. The molecule has 6 nitrogen and oxygen atoms in total. The molecule has 32 heavy (non-hydrogen) atoms. The summed E-state index contributed by atoms with van der Waals surface area (Å²) in [6.07, 6.45) is 9.12. The van der Waals surface area contributed by atoms with Crippen molar-refractivity contribution in [3.05, 3.63) is 59.3 Å². The number of ether oxygens (including phenoxy) is 4. The third kappa shape index (κ3) is 6.36. The van der Waals surface area contributed by atoms with Crippen LogP contribution in [0.25, 0.3) is 6.08 Å². The Balaban J connectivity index is 1.59. The maximum atomic E-state index is 12.3. The standard InChI is InChI=1S/C26H31NO5/c1-4-5-6-7-8-9-16-31-21-13-10-19(11-14-21)17-22-26(28)32-25(27-22)20-12-15-23(29-2)24(18-20)30-3/h10-15,17-18H,4-9,16H2,1-3H3/b22-17-. The first-order valence-electron chi connectivity index (χ1n) is 11.1. The molecule has 1 aliphatic heterocycles. The molecule has 0 saturated heterocycles. The van der Waals surface area contributed by atoms with E-state index in [2.05, 4.69) is 11.9 Å². The average Bonchev–Trinajstić information content (AvgIpc) is 3.19. The molecular weight excluding hydrogens is 406 g/mol. The summed E-state index contributed by atoms with van der Waals surface area (Å²) in [5.41, 5.74) is 1.73. The van der Waals surface area contributed by atoms with E-state index >= 15 is 0 Å². The van der Waals surface area contributed by atoms with Gasteiger partial charge < -0.3 is 18.9 Å². The van der Waals surface area contributed by atoms with Gasteiger partial charge in [0.05, 0.1) is 20.8 Å². The van der Waals surface area contributed by atoms with Crippen molar-refractivity contribution < 1.29 is 23.7 Å². The first kappa shape index (κ1) is 23.4. The number of rotatable bonds is 12. The van der Waals surface area contributed by atoms with E-state index in [9.17, 15) is 4.79 Å². The molecule has 0 fully saturated rings. The van der Waals surface area contributed by atoms with Crippen molar-refractivity contribution in [1.82, 2.24) is 0 Å². The number of benzene rings is 2. The summed E-state index contributed by atoms with van der Waals surface area (Å²) in [5.74, 6) is 1.71. The van der Waals surface area contributed by atoms with Crippen LogP contribution in [0.1, 0.15) is 56.6 Å². The maximum Gasteiger partial charge on any atom is 0.363 e. The van der Waals surface area contributed by atoms with Gasteiger partial charge in [0.1, 0.15) is 5.75 Å². The molecule has 6 heteroatoms. The van der Waals surface area contributed by atoms with Crippen molar-refractivity contribution in [2.75, 3.05) is 20.8 Å². The van der Waals surface area contributed by atoms with Crippen LogP contribution < -0.4 is 14.2 Å². The Morgan fingerprint density at radius 3 is 2.34 bits per heavy atom. The van der Waals surface area contributed by atoms with Gasteiger partial charge in [-0.05, 0) is 48.4 Å². The second-order valence-electron chi connectivity index (χ2n) is 7.59. The van der Waals surface area contributed by atoms with Crippen molar-refractivity contribution in [2.45, 2.75) is 45.4 Å². The Kier molecular flexibility index (Phi) is 8.72. The van der Waals surface area contributed by atoms with Crippen molar-refractivity contribution in [1.29, 1.82) is 0 Å². The second kappa shape index (κ2) is 11.9. The fraction of sp³-hybridized carbons (Fsp3) is 0.385. The summed E-state index contributed by atoms with van der Waals surface area (Å²) in [5, 5.41) is 0. The van der Waals surface area contributed by atoms with Gasteiger partial charge >= 0.3 is 5.97 Å². The normalized spacial score (nSPS) is 14.3. The van der Waals surface area contributed by atoms with Crippen LogP contribution in [0.4, 0.5) is 0 Å². The molecule has 0 N–H and O–H groups in total. The van der Waals surface area contributed by atoms with Crippen molar-refractivity contribution >= 4 is 17.9 Å². The zero-order chi connectivity index (χ0) is 22.8. The van der Waals surface area contributed by atoms with Crippen molar-refractivity contribution in [3.63, 3.8) is 0 Å². The van der Waals surface area contributed by atoms with Gasteiger partial charge in [-0.2, -0.15) is 0 Å². The smallest absolute Gasteiger partial charge is 0.363 e. The molecule has 0 aromatic heterocycles. The van der Waals surface area contributed by atoms with E-state index in [4.69, 9.17) is 18.9 Å². The molecule has 1 heterocycles. The third-order valence-electron chi connectivity index (χ3n) is 5.20. The molecule has 0 radical (unpaired) electrons. The molecule has 0 amide bonds. The van der Waals surface area contributed by atoms with Crippen LogP contribution >= 0.6 is 0 Å². The van der Waals surface area contributed by atoms with Crippen LogP contribution in [0.2, 0.25) is 0 Å². The lowest BCUT2D eigenvalue weighted by Crippen LogP contribution is -2.06. The van der Waals surface area contributed by atoms with Gasteiger partial charge in [0.2, 0.25) is 5.90 Å². The minimum atomic E-state index is -0.488. The van der Waals surface area contributed by atoms with Crippen LogP contribution in [0.15, 0.2) is 53.2 Å². The van der Waals surface area contributed by atoms with Crippen LogP contribution in [-0.2, 0) is 9.53 Å². The highest BCUT2D eigenvalue weighted by Gasteiger charge is 2.25. The number of methoxy groups -OCH3 is 2. The van der Waals surface area contributed by atoms with E-state index in [1.54, 1.807) is 38.5 Å². The zero-order valence-corrected chi connectivity index (χ0v) is 19.1. The Bertz CT molecular complexity index is 963. The number of esters is 1.